The molecule has 3 rings (SSSR count). The van der Waals surface area contributed by atoms with Crippen LogP contribution in [-0.2, 0) is 0 Å². The largest absolute Gasteiger partial charge is 0.492 e. The first kappa shape index (κ1) is 30.0. The molecule has 0 aromatic heterocycles. The van der Waals surface area contributed by atoms with Crippen molar-refractivity contribution in [3.05, 3.63) is 94.0 Å². The number of terminal acetylenes is 2. The number of unbranched alkanes of at least 4 members (excludes halogenated alkanes) is 6. The van der Waals surface area contributed by atoms with Gasteiger partial charge >= 0.3 is 0 Å². The number of hydrogen-bond acceptors (Lipinski definition) is 2. The van der Waals surface area contributed by atoms with Gasteiger partial charge in [-0.25, -0.2) is 0 Å². The maximum atomic E-state index is 6.27. The van der Waals surface area contributed by atoms with Crippen LogP contribution in [0.1, 0.15) is 98.6 Å². The van der Waals surface area contributed by atoms with Gasteiger partial charge in [0.05, 0.1) is 24.3 Å². The Balaban J connectivity index is 1.97. The molecule has 0 aliphatic rings. The van der Waals surface area contributed by atoms with Gasteiger partial charge in [-0.2, -0.15) is 0 Å². The highest BCUT2D eigenvalue weighted by Crippen LogP contribution is 2.29. The van der Waals surface area contributed by atoms with E-state index in [4.69, 9.17) is 22.3 Å². The van der Waals surface area contributed by atoms with Gasteiger partial charge in [-0.15, -0.1) is 12.8 Å². The quantitative estimate of drug-likeness (QED) is 0.174. The third-order valence-corrected chi connectivity index (χ3v) is 6.38. The summed E-state index contributed by atoms with van der Waals surface area (Å²) in [6.45, 7) is 5.67. The van der Waals surface area contributed by atoms with Crippen molar-refractivity contribution in [3.63, 3.8) is 0 Å². The van der Waals surface area contributed by atoms with Gasteiger partial charge in [-0.1, -0.05) is 87.9 Å². The van der Waals surface area contributed by atoms with E-state index in [1.807, 2.05) is 60.7 Å². The van der Waals surface area contributed by atoms with Gasteiger partial charge in [0.15, 0.2) is 0 Å². The van der Waals surface area contributed by atoms with Crippen LogP contribution in [0.2, 0.25) is 0 Å². The van der Waals surface area contributed by atoms with E-state index in [2.05, 4.69) is 49.4 Å². The maximum Gasteiger partial charge on any atom is 0.136 e. The summed E-state index contributed by atoms with van der Waals surface area (Å²) < 4.78 is 12.5. The topological polar surface area (TPSA) is 18.5 Å². The molecule has 3 aromatic rings. The summed E-state index contributed by atoms with van der Waals surface area (Å²) in [4.78, 5) is 0. The van der Waals surface area contributed by atoms with Crippen molar-refractivity contribution >= 4 is 0 Å². The van der Waals surface area contributed by atoms with E-state index in [0.29, 0.717) is 13.2 Å². The molecule has 0 amide bonds. The molecule has 0 heterocycles. The van der Waals surface area contributed by atoms with Crippen molar-refractivity contribution in [3.8, 4) is 59.9 Å². The Labute approximate surface area is 241 Å². The molecule has 2 heteroatoms. The Morgan fingerprint density at radius 2 is 0.875 bits per heavy atom. The smallest absolute Gasteiger partial charge is 0.136 e. The molecule has 0 unspecified atom stereocenters. The Kier molecular flexibility index (Phi) is 12.9. The van der Waals surface area contributed by atoms with Gasteiger partial charge in [-0.05, 0) is 61.4 Å². The van der Waals surface area contributed by atoms with Gasteiger partial charge in [0, 0.05) is 34.4 Å². The summed E-state index contributed by atoms with van der Waals surface area (Å²) in [5, 5.41) is 0. The normalized spacial score (nSPS) is 9.80. The highest BCUT2D eigenvalue weighted by atomic mass is 16.5. The molecule has 3 aromatic carbocycles. The van der Waals surface area contributed by atoms with Crippen molar-refractivity contribution in [2.75, 3.05) is 13.2 Å². The fourth-order valence-electron chi connectivity index (χ4n) is 3.99. The molecule has 40 heavy (non-hydrogen) atoms. The van der Waals surface area contributed by atoms with Gasteiger partial charge < -0.3 is 9.47 Å². The predicted molar refractivity (Wildman–Crippen MR) is 166 cm³/mol. The zero-order chi connectivity index (χ0) is 28.4. The van der Waals surface area contributed by atoms with Crippen LogP contribution in [0, 0.1) is 48.4 Å². The van der Waals surface area contributed by atoms with Gasteiger partial charge in [0.2, 0.25) is 0 Å². The molecular weight excluding hydrogens is 488 g/mol. The molecule has 0 saturated heterocycles. The number of benzene rings is 3. The molecule has 0 fully saturated rings. The Morgan fingerprint density at radius 3 is 1.23 bits per heavy atom. The second-order valence-corrected chi connectivity index (χ2v) is 9.61. The van der Waals surface area contributed by atoms with Crippen molar-refractivity contribution in [1.29, 1.82) is 0 Å². The van der Waals surface area contributed by atoms with E-state index < -0.39 is 0 Å². The molecular formula is C38H38O2. The van der Waals surface area contributed by atoms with Crippen LogP contribution >= 0.6 is 0 Å². The third-order valence-electron chi connectivity index (χ3n) is 6.38. The molecule has 0 aliphatic carbocycles. The molecule has 2 nitrogen and oxygen atoms in total. The first-order valence-corrected chi connectivity index (χ1v) is 14.3. The lowest BCUT2D eigenvalue weighted by Crippen LogP contribution is -2.03. The van der Waals surface area contributed by atoms with Gasteiger partial charge in [0.1, 0.15) is 11.5 Å². The average Bonchev–Trinajstić information content (AvgIpc) is 3.00. The van der Waals surface area contributed by atoms with E-state index in [9.17, 15) is 0 Å². The predicted octanol–water partition coefficient (Wildman–Crippen LogP) is 8.37. The molecule has 0 aliphatic heterocycles. The lowest BCUT2D eigenvalue weighted by molar-refractivity contribution is 0.295. The van der Waals surface area contributed by atoms with Gasteiger partial charge in [-0.3, -0.25) is 0 Å². The first-order chi connectivity index (χ1) is 19.7. The minimum atomic E-state index is 0.628. The summed E-state index contributed by atoms with van der Waals surface area (Å²) in [7, 11) is 0. The van der Waals surface area contributed by atoms with E-state index in [1.54, 1.807) is 0 Å². The van der Waals surface area contributed by atoms with E-state index in [-0.39, 0.29) is 0 Å². The second kappa shape index (κ2) is 17.2. The summed E-state index contributed by atoms with van der Waals surface area (Å²) in [5.74, 6) is 19.9. The minimum Gasteiger partial charge on any atom is -0.492 e. The monoisotopic (exact) mass is 526 g/mol. The van der Waals surface area contributed by atoms with Crippen LogP contribution < -0.4 is 9.47 Å². The summed E-state index contributed by atoms with van der Waals surface area (Å²) in [5.41, 5.74) is 4.99. The molecule has 0 saturated carbocycles. The number of hydrogen-bond donors (Lipinski definition) is 0. The lowest BCUT2D eigenvalue weighted by atomic mass is 10.1. The SMILES string of the molecule is C#Cc1ccc(C#Cc2cc(OCCCCCC)c(C#Cc3ccc(C#C)cc3)cc2OCCCCCC)cc1. The van der Waals surface area contributed by atoms with Crippen LogP contribution in [0.5, 0.6) is 11.5 Å². The van der Waals surface area contributed by atoms with Crippen molar-refractivity contribution in [1.82, 2.24) is 0 Å². The number of rotatable bonds is 12. The van der Waals surface area contributed by atoms with Crippen LogP contribution in [0.25, 0.3) is 0 Å². The Morgan fingerprint density at radius 1 is 0.500 bits per heavy atom. The molecule has 0 bridgehead atoms. The highest BCUT2D eigenvalue weighted by Gasteiger charge is 2.11. The first-order valence-electron chi connectivity index (χ1n) is 14.3. The lowest BCUT2D eigenvalue weighted by Gasteiger charge is -2.14. The number of ether oxygens (including phenoxy) is 2. The fourth-order valence-corrected chi connectivity index (χ4v) is 3.99. The maximum absolute atomic E-state index is 6.27. The standard InChI is InChI=1S/C38H38O2/c1-5-9-11-13-27-39-37-29-36(26-24-34-21-17-32(8-4)18-22-34)38(40-28-14-12-10-6-2)30-35(37)25-23-33-19-15-31(7-3)16-20-33/h3-4,15-22,29-30H,5-6,9-14,27-28H2,1-2H3. The zero-order valence-corrected chi connectivity index (χ0v) is 23.8. The van der Waals surface area contributed by atoms with E-state index in [1.165, 1.54) is 25.7 Å². The van der Waals surface area contributed by atoms with Crippen molar-refractivity contribution < 1.29 is 9.47 Å². The Bertz CT molecular complexity index is 1310. The van der Waals surface area contributed by atoms with Crippen LogP contribution in [0.15, 0.2) is 60.7 Å². The van der Waals surface area contributed by atoms with Crippen LogP contribution in [-0.4, -0.2) is 13.2 Å². The molecule has 0 spiro atoms. The molecule has 0 atom stereocenters. The minimum absolute atomic E-state index is 0.628. The zero-order valence-electron chi connectivity index (χ0n) is 23.8. The van der Waals surface area contributed by atoms with Crippen molar-refractivity contribution in [2.45, 2.75) is 65.2 Å². The summed E-state index contributed by atoms with van der Waals surface area (Å²) in [6.07, 6.45) is 20.0. The van der Waals surface area contributed by atoms with E-state index >= 15 is 0 Å². The Hall–Kier alpha value is -4.50. The van der Waals surface area contributed by atoms with Crippen LogP contribution in [0.4, 0.5) is 0 Å². The average molecular weight is 527 g/mol. The van der Waals surface area contributed by atoms with Gasteiger partial charge in [0.25, 0.3) is 0 Å². The molecule has 202 valence electrons. The highest BCUT2D eigenvalue weighted by molar-refractivity contribution is 5.60. The summed E-state index contributed by atoms with van der Waals surface area (Å²) >= 11 is 0. The van der Waals surface area contributed by atoms with E-state index in [0.717, 1.165) is 70.6 Å². The van der Waals surface area contributed by atoms with Crippen LogP contribution in [0.3, 0.4) is 0 Å². The third kappa shape index (κ3) is 9.99. The van der Waals surface area contributed by atoms with Crippen molar-refractivity contribution in [2.24, 2.45) is 0 Å². The summed E-state index contributed by atoms with van der Waals surface area (Å²) in [6, 6.07) is 19.3. The molecule has 0 radical (unpaired) electrons. The fraction of sp³-hybridized carbons (Fsp3) is 0.316. The molecule has 0 N–H and O–H groups in total. The second-order valence-electron chi connectivity index (χ2n) is 9.61.